The van der Waals surface area contributed by atoms with Crippen molar-refractivity contribution >= 4 is 38.9 Å². The number of carbonyl (C=O) groups is 1. The van der Waals surface area contributed by atoms with Gasteiger partial charge in [-0.3, -0.25) is 0 Å². The van der Waals surface area contributed by atoms with E-state index in [-0.39, 0.29) is 12.1 Å². The number of carbonyl (C=O) groups excluding carboxylic acids is 1. The van der Waals surface area contributed by atoms with Crippen molar-refractivity contribution in [3.8, 4) is 0 Å². The van der Waals surface area contributed by atoms with Crippen LogP contribution in [0.25, 0.3) is 10.2 Å². The van der Waals surface area contributed by atoms with Gasteiger partial charge in [-0.2, -0.15) is 0 Å². The second-order valence-electron chi connectivity index (χ2n) is 4.97. The molecule has 0 aliphatic carbocycles. The molecule has 5 nitrogen and oxygen atoms in total. The molecule has 0 spiro atoms. The Labute approximate surface area is 136 Å². The van der Waals surface area contributed by atoms with Gasteiger partial charge in [0.2, 0.25) is 0 Å². The van der Waals surface area contributed by atoms with Gasteiger partial charge in [0.1, 0.15) is 10.0 Å². The Kier molecular flexibility index (Phi) is 4.35. The predicted octanol–water partition coefficient (Wildman–Crippen LogP) is 3.66. The number of thiazole rings is 2. The zero-order chi connectivity index (χ0) is 15.5. The van der Waals surface area contributed by atoms with Crippen molar-refractivity contribution in [2.45, 2.75) is 19.5 Å². The van der Waals surface area contributed by atoms with Crippen molar-refractivity contribution in [3.63, 3.8) is 0 Å². The van der Waals surface area contributed by atoms with E-state index in [1.54, 1.807) is 29.5 Å². The van der Waals surface area contributed by atoms with Crippen LogP contribution in [0.15, 0.2) is 35.8 Å². The monoisotopic (exact) mass is 332 g/mol. The highest BCUT2D eigenvalue weighted by Gasteiger charge is 2.16. The standard InChI is InChI=1S/C15H16N4OS2/c1-10(14-16-7-8-21-14)17-15(20)19(2)9-13-18-11-5-3-4-6-12(11)22-13/h3-8,10H,9H2,1-2H3,(H,17,20). The van der Waals surface area contributed by atoms with Gasteiger partial charge in [-0.15, -0.1) is 22.7 Å². The summed E-state index contributed by atoms with van der Waals surface area (Å²) in [7, 11) is 1.77. The van der Waals surface area contributed by atoms with Gasteiger partial charge in [-0.1, -0.05) is 12.1 Å². The topological polar surface area (TPSA) is 58.1 Å². The fourth-order valence-corrected chi connectivity index (χ4v) is 3.73. The molecule has 1 N–H and O–H groups in total. The van der Waals surface area contributed by atoms with Crippen molar-refractivity contribution < 1.29 is 4.79 Å². The molecule has 3 rings (SSSR count). The first-order chi connectivity index (χ1) is 10.6. The molecule has 0 radical (unpaired) electrons. The van der Waals surface area contributed by atoms with E-state index in [1.807, 2.05) is 36.6 Å². The summed E-state index contributed by atoms with van der Waals surface area (Å²) >= 11 is 3.15. The van der Waals surface area contributed by atoms with Gasteiger partial charge >= 0.3 is 6.03 Å². The van der Waals surface area contributed by atoms with Crippen LogP contribution in [0.1, 0.15) is 23.0 Å². The first-order valence-corrected chi connectivity index (χ1v) is 8.58. The largest absolute Gasteiger partial charge is 0.329 e. The van der Waals surface area contributed by atoms with Crippen LogP contribution in [0.3, 0.4) is 0 Å². The molecule has 0 fully saturated rings. The number of benzene rings is 1. The Morgan fingerprint density at radius 3 is 2.95 bits per heavy atom. The minimum Gasteiger partial charge on any atom is -0.329 e. The Morgan fingerprint density at radius 1 is 1.41 bits per heavy atom. The number of hydrogen-bond acceptors (Lipinski definition) is 5. The number of amides is 2. The van der Waals surface area contributed by atoms with Crippen LogP contribution in [0, 0.1) is 0 Å². The molecular weight excluding hydrogens is 316 g/mol. The number of nitrogens with zero attached hydrogens (tertiary/aromatic N) is 3. The molecule has 2 aromatic heterocycles. The molecular formula is C15H16N4OS2. The number of para-hydroxylation sites is 1. The Balaban J connectivity index is 1.63. The summed E-state index contributed by atoms with van der Waals surface area (Å²) in [5, 5.41) is 6.69. The Bertz CT molecular complexity index is 736. The van der Waals surface area contributed by atoms with Gasteiger partial charge in [-0.05, 0) is 19.1 Å². The summed E-state index contributed by atoms with van der Waals surface area (Å²) in [6, 6.07) is 7.78. The third-order valence-electron chi connectivity index (χ3n) is 3.22. The third kappa shape index (κ3) is 3.26. The first kappa shape index (κ1) is 14.9. The molecule has 2 heterocycles. The normalized spacial score (nSPS) is 12.3. The number of nitrogens with one attached hydrogen (secondary N) is 1. The lowest BCUT2D eigenvalue weighted by atomic mass is 10.3. The Hall–Kier alpha value is -1.99. The lowest BCUT2D eigenvalue weighted by molar-refractivity contribution is 0.203. The van der Waals surface area contributed by atoms with Crippen LogP contribution in [-0.4, -0.2) is 27.9 Å². The minimum atomic E-state index is -0.123. The highest BCUT2D eigenvalue weighted by Crippen LogP contribution is 2.22. The second-order valence-corrected chi connectivity index (χ2v) is 7.01. The van der Waals surface area contributed by atoms with Crippen LogP contribution < -0.4 is 5.32 Å². The lowest BCUT2D eigenvalue weighted by Gasteiger charge is -2.19. The van der Waals surface area contributed by atoms with Crippen molar-refractivity contribution in [2.75, 3.05) is 7.05 Å². The maximum absolute atomic E-state index is 12.2. The van der Waals surface area contributed by atoms with Gasteiger partial charge in [-0.25, -0.2) is 14.8 Å². The van der Waals surface area contributed by atoms with Gasteiger partial charge in [0.05, 0.1) is 22.8 Å². The molecule has 3 aromatic rings. The molecule has 2 amide bonds. The highest BCUT2D eigenvalue weighted by molar-refractivity contribution is 7.18. The maximum Gasteiger partial charge on any atom is 0.318 e. The molecule has 1 atom stereocenters. The van der Waals surface area contributed by atoms with Crippen LogP contribution in [0.5, 0.6) is 0 Å². The molecule has 0 aliphatic heterocycles. The zero-order valence-electron chi connectivity index (χ0n) is 12.3. The summed E-state index contributed by atoms with van der Waals surface area (Å²) in [6.07, 6.45) is 1.74. The van der Waals surface area contributed by atoms with E-state index in [9.17, 15) is 4.79 Å². The molecule has 7 heteroatoms. The van der Waals surface area contributed by atoms with E-state index in [0.29, 0.717) is 6.54 Å². The summed E-state index contributed by atoms with van der Waals surface area (Å²) in [6.45, 7) is 2.43. The van der Waals surface area contributed by atoms with Gasteiger partial charge in [0, 0.05) is 18.6 Å². The van der Waals surface area contributed by atoms with Gasteiger partial charge in [0.15, 0.2) is 0 Å². The van der Waals surface area contributed by atoms with E-state index >= 15 is 0 Å². The number of rotatable bonds is 4. The number of urea groups is 1. The molecule has 22 heavy (non-hydrogen) atoms. The summed E-state index contributed by atoms with van der Waals surface area (Å²) in [4.78, 5) is 22.6. The number of hydrogen-bond donors (Lipinski definition) is 1. The van der Waals surface area contributed by atoms with E-state index < -0.39 is 0 Å². The fourth-order valence-electron chi connectivity index (χ4n) is 2.07. The average Bonchev–Trinajstić information content (AvgIpc) is 3.15. The van der Waals surface area contributed by atoms with Gasteiger partial charge in [0.25, 0.3) is 0 Å². The SMILES string of the molecule is CC(NC(=O)N(C)Cc1nc2ccccc2s1)c1nccs1. The van der Waals surface area contributed by atoms with Crippen molar-refractivity contribution in [1.82, 2.24) is 20.2 Å². The van der Waals surface area contributed by atoms with E-state index in [1.165, 1.54) is 11.3 Å². The second kappa shape index (κ2) is 6.41. The van der Waals surface area contributed by atoms with E-state index in [2.05, 4.69) is 15.3 Å². The van der Waals surface area contributed by atoms with Crippen LogP contribution in [0.4, 0.5) is 4.79 Å². The van der Waals surface area contributed by atoms with Crippen molar-refractivity contribution in [3.05, 3.63) is 45.9 Å². The van der Waals surface area contributed by atoms with Crippen LogP contribution >= 0.6 is 22.7 Å². The molecule has 0 bridgehead atoms. The smallest absolute Gasteiger partial charge is 0.318 e. The predicted molar refractivity (Wildman–Crippen MR) is 90.1 cm³/mol. The Morgan fingerprint density at radius 2 is 2.23 bits per heavy atom. The highest BCUT2D eigenvalue weighted by atomic mass is 32.1. The van der Waals surface area contributed by atoms with Crippen LogP contribution in [-0.2, 0) is 6.54 Å². The molecule has 114 valence electrons. The van der Waals surface area contributed by atoms with Crippen LogP contribution in [0.2, 0.25) is 0 Å². The quantitative estimate of drug-likeness (QED) is 0.793. The molecule has 1 unspecified atom stereocenters. The third-order valence-corrected chi connectivity index (χ3v) is 5.20. The van der Waals surface area contributed by atoms with Gasteiger partial charge < -0.3 is 10.2 Å². The van der Waals surface area contributed by atoms with Crippen molar-refractivity contribution in [1.29, 1.82) is 0 Å². The summed E-state index contributed by atoms with van der Waals surface area (Å²) in [5.74, 6) is 0. The molecule has 0 saturated carbocycles. The summed E-state index contributed by atoms with van der Waals surface area (Å²) < 4.78 is 1.14. The van der Waals surface area contributed by atoms with E-state index in [0.717, 1.165) is 20.2 Å². The summed E-state index contributed by atoms with van der Waals surface area (Å²) in [5.41, 5.74) is 0.979. The number of aromatic nitrogens is 2. The zero-order valence-corrected chi connectivity index (χ0v) is 13.9. The lowest BCUT2D eigenvalue weighted by Crippen LogP contribution is -2.38. The molecule has 0 aliphatic rings. The average molecular weight is 332 g/mol. The maximum atomic E-state index is 12.2. The minimum absolute atomic E-state index is 0.0923. The molecule has 1 aromatic carbocycles. The first-order valence-electron chi connectivity index (χ1n) is 6.89. The molecule has 0 saturated heterocycles. The van der Waals surface area contributed by atoms with E-state index in [4.69, 9.17) is 0 Å². The van der Waals surface area contributed by atoms with Crippen molar-refractivity contribution in [2.24, 2.45) is 0 Å². The fraction of sp³-hybridized carbons (Fsp3) is 0.267. The number of fused-ring (bicyclic) bond motifs is 1.